The number of rotatable bonds is 5. The highest BCUT2D eigenvalue weighted by molar-refractivity contribution is 9.11. The normalized spacial score (nSPS) is 11.1. The van der Waals surface area contributed by atoms with Crippen molar-refractivity contribution < 1.29 is 22.7 Å². The summed E-state index contributed by atoms with van der Waals surface area (Å²) in [6.45, 7) is -0.620. The number of carbonyl (C=O) groups is 2. The van der Waals surface area contributed by atoms with Gasteiger partial charge in [-0.25, -0.2) is 18.4 Å². The van der Waals surface area contributed by atoms with Crippen molar-refractivity contribution in [1.29, 1.82) is 0 Å². The van der Waals surface area contributed by atoms with Gasteiger partial charge in [0.1, 0.15) is 4.90 Å². The van der Waals surface area contributed by atoms with Crippen molar-refractivity contribution >= 4 is 82.6 Å². The van der Waals surface area contributed by atoms with Gasteiger partial charge in [-0.15, -0.1) is 0 Å². The van der Waals surface area contributed by atoms with Crippen LogP contribution >= 0.6 is 55.1 Å². The number of halogens is 4. The van der Waals surface area contributed by atoms with Gasteiger partial charge in [-0.2, -0.15) is 0 Å². The Labute approximate surface area is 181 Å². The lowest BCUT2D eigenvalue weighted by molar-refractivity contribution is -0.119. The standard InChI is InChI=1S/C15H10Br2Cl2N2O5S/c16-7-1-2-12(9(17)3-7)21-14(22)6-26-15(23)8-4-13(27(20,24)25)11(19)5-10(8)18/h1-5H,6H2,(H,21,22)(H2,20,24,25). The summed E-state index contributed by atoms with van der Waals surface area (Å²) in [6, 6.07) is 7.03. The van der Waals surface area contributed by atoms with Crippen molar-refractivity contribution in [3.63, 3.8) is 0 Å². The average molecular weight is 561 g/mol. The molecule has 0 saturated carbocycles. The van der Waals surface area contributed by atoms with Crippen LogP contribution < -0.4 is 10.5 Å². The molecule has 0 atom stereocenters. The minimum atomic E-state index is -4.17. The molecule has 1 amide bonds. The number of esters is 1. The fourth-order valence-electron chi connectivity index (χ4n) is 1.89. The fourth-order valence-corrected chi connectivity index (χ4v) is 4.43. The van der Waals surface area contributed by atoms with E-state index in [4.69, 9.17) is 33.1 Å². The number of ether oxygens (including phenoxy) is 1. The lowest BCUT2D eigenvalue weighted by Crippen LogP contribution is -2.21. The number of anilines is 1. The molecule has 12 heteroatoms. The van der Waals surface area contributed by atoms with E-state index in [1.165, 1.54) is 0 Å². The van der Waals surface area contributed by atoms with Crippen LogP contribution in [0.3, 0.4) is 0 Å². The number of nitrogens with one attached hydrogen (secondary N) is 1. The third-order valence-corrected chi connectivity index (χ3v) is 5.93. The van der Waals surface area contributed by atoms with Crippen LogP contribution in [0.5, 0.6) is 0 Å². The molecule has 0 heterocycles. The van der Waals surface area contributed by atoms with E-state index < -0.39 is 33.4 Å². The van der Waals surface area contributed by atoms with Gasteiger partial charge >= 0.3 is 5.97 Å². The molecule has 7 nitrogen and oxygen atoms in total. The molecule has 0 spiro atoms. The summed E-state index contributed by atoms with van der Waals surface area (Å²) in [4.78, 5) is 23.6. The summed E-state index contributed by atoms with van der Waals surface area (Å²) in [5.41, 5.74) is 0.183. The van der Waals surface area contributed by atoms with E-state index in [1.54, 1.807) is 18.2 Å². The second-order valence-electron chi connectivity index (χ2n) is 5.06. The van der Waals surface area contributed by atoms with Crippen molar-refractivity contribution in [2.45, 2.75) is 4.90 Å². The van der Waals surface area contributed by atoms with Crippen LogP contribution in [0.2, 0.25) is 10.0 Å². The van der Waals surface area contributed by atoms with Crippen molar-refractivity contribution in [3.8, 4) is 0 Å². The minimum Gasteiger partial charge on any atom is -0.452 e. The first kappa shape index (κ1) is 22.1. The molecule has 0 unspecified atom stereocenters. The molecule has 144 valence electrons. The number of hydrogen-bond acceptors (Lipinski definition) is 5. The molecule has 0 fully saturated rings. The molecule has 0 aromatic heterocycles. The van der Waals surface area contributed by atoms with Crippen LogP contribution in [0.1, 0.15) is 10.4 Å². The lowest BCUT2D eigenvalue weighted by Gasteiger charge is -2.10. The van der Waals surface area contributed by atoms with Gasteiger partial charge in [0.05, 0.1) is 21.3 Å². The summed E-state index contributed by atoms with van der Waals surface area (Å²) in [5.74, 6) is -1.62. The molecule has 0 aliphatic heterocycles. The summed E-state index contributed by atoms with van der Waals surface area (Å²) < 4.78 is 29.3. The van der Waals surface area contributed by atoms with E-state index in [1.807, 2.05) is 0 Å². The molecule has 2 rings (SSSR count). The van der Waals surface area contributed by atoms with Gasteiger partial charge in [-0.3, -0.25) is 4.79 Å². The smallest absolute Gasteiger partial charge is 0.340 e. The van der Waals surface area contributed by atoms with Gasteiger partial charge in [0.15, 0.2) is 6.61 Å². The first-order chi connectivity index (χ1) is 12.5. The lowest BCUT2D eigenvalue weighted by atomic mass is 10.2. The average Bonchev–Trinajstić information content (AvgIpc) is 2.54. The van der Waals surface area contributed by atoms with E-state index in [0.717, 1.165) is 16.6 Å². The summed E-state index contributed by atoms with van der Waals surface area (Å²) in [6.07, 6.45) is 0. The predicted molar refractivity (Wildman–Crippen MR) is 109 cm³/mol. The number of nitrogens with two attached hydrogens (primary N) is 1. The molecule has 0 radical (unpaired) electrons. The van der Waals surface area contributed by atoms with Crippen LogP contribution in [-0.2, 0) is 19.6 Å². The molecular formula is C15H10Br2Cl2N2O5S. The molecule has 2 aromatic carbocycles. The summed E-state index contributed by atoms with van der Waals surface area (Å²) in [5, 5.41) is 7.20. The van der Waals surface area contributed by atoms with Crippen molar-refractivity contribution in [2.24, 2.45) is 5.14 Å². The van der Waals surface area contributed by atoms with Gasteiger partial charge in [-0.1, -0.05) is 39.1 Å². The second-order valence-corrected chi connectivity index (χ2v) is 9.17. The molecule has 0 aliphatic carbocycles. The van der Waals surface area contributed by atoms with Crippen LogP contribution in [0.15, 0.2) is 44.2 Å². The van der Waals surface area contributed by atoms with Gasteiger partial charge < -0.3 is 10.1 Å². The van der Waals surface area contributed by atoms with Crippen molar-refractivity contribution in [3.05, 3.63) is 54.9 Å². The maximum atomic E-state index is 12.1. The Morgan fingerprint density at radius 1 is 1.11 bits per heavy atom. The van der Waals surface area contributed by atoms with E-state index in [-0.39, 0.29) is 15.6 Å². The highest BCUT2D eigenvalue weighted by Crippen LogP contribution is 2.29. The van der Waals surface area contributed by atoms with Gasteiger partial charge in [0.25, 0.3) is 5.91 Å². The van der Waals surface area contributed by atoms with Crippen molar-refractivity contribution in [2.75, 3.05) is 11.9 Å². The Bertz CT molecular complexity index is 1030. The van der Waals surface area contributed by atoms with Gasteiger partial charge in [0, 0.05) is 8.95 Å². The monoisotopic (exact) mass is 558 g/mol. The Hall–Kier alpha value is -1.17. The Morgan fingerprint density at radius 3 is 2.37 bits per heavy atom. The molecule has 27 heavy (non-hydrogen) atoms. The van der Waals surface area contributed by atoms with Gasteiger partial charge in [-0.05, 0) is 46.3 Å². The minimum absolute atomic E-state index is 0.145. The van der Waals surface area contributed by atoms with Crippen LogP contribution in [-0.4, -0.2) is 26.9 Å². The Balaban J connectivity index is 2.10. The highest BCUT2D eigenvalue weighted by Gasteiger charge is 2.21. The largest absolute Gasteiger partial charge is 0.452 e. The van der Waals surface area contributed by atoms with E-state index in [0.29, 0.717) is 10.2 Å². The molecule has 0 aliphatic rings. The molecule has 3 N–H and O–H groups in total. The Morgan fingerprint density at radius 2 is 1.78 bits per heavy atom. The third kappa shape index (κ3) is 5.90. The molecule has 0 bridgehead atoms. The number of carbonyl (C=O) groups excluding carboxylic acids is 2. The predicted octanol–water partition coefficient (Wildman–Crippen LogP) is 3.96. The highest BCUT2D eigenvalue weighted by atomic mass is 79.9. The molecule has 0 saturated heterocycles. The third-order valence-electron chi connectivity index (χ3n) is 3.09. The van der Waals surface area contributed by atoms with E-state index in [2.05, 4.69) is 37.2 Å². The number of benzene rings is 2. The first-order valence-corrected chi connectivity index (χ1v) is 10.8. The van der Waals surface area contributed by atoms with Crippen molar-refractivity contribution in [1.82, 2.24) is 0 Å². The maximum Gasteiger partial charge on any atom is 0.340 e. The van der Waals surface area contributed by atoms with E-state index >= 15 is 0 Å². The zero-order valence-corrected chi connectivity index (χ0v) is 18.6. The van der Waals surface area contributed by atoms with Crippen LogP contribution in [0.25, 0.3) is 0 Å². The van der Waals surface area contributed by atoms with Crippen LogP contribution in [0, 0.1) is 0 Å². The number of hydrogen-bond donors (Lipinski definition) is 2. The quantitative estimate of drug-likeness (QED) is 0.537. The summed E-state index contributed by atoms with van der Waals surface area (Å²) >= 11 is 18.2. The number of primary sulfonamides is 1. The number of amides is 1. The second kappa shape index (κ2) is 8.89. The van der Waals surface area contributed by atoms with E-state index in [9.17, 15) is 18.0 Å². The van der Waals surface area contributed by atoms with Crippen LogP contribution in [0.4, 0.5) is 5.69 Å². The Kier molecular flexibility index (Phi) is 7.28. The number of sulfonamides is 1. The first-order valence-electron chi connectivity index (χ1n) is 6.93. The van der Waals surface area contributed by atoms with Gasteiger partial charge in [0.2, 0.25) is 10.0 Å². The fraction of sp³-hybridized carbons (Fsp3) is 0.0667. The molecular weight excluding hydrogens is 551 g/mol. The SMILES string of the molecule is NS(=O)(=O)c1cc(C(=O)OCC(=O)Nc2ccc(Br)cc2Br)c(Cl)cc1Cl. The topological polar surface area (TPSA) is 116 Å². The summed E-state index contributed by atoms with van der Waals surface area (Å²) in [7, 11) is -4.17. The molecule has 2 aromatic rings. The zero-order chi connectivity index (χ0) is 20.4. The maximum absolute atomic E-state index is 12.1. The zero-order valence-electron chi connectivity index (χ0n) is 13.1.